The van der Waals surface area contributed by atoms with Gasteiger partial charge in [0.1, 0.15) is 5.69 Å². The molecule has 0 spiro atoms. The van der Waals surface area contributed by atoms with E-state index in [2.05, 4.69) is 15.6 Å². The number of nitrogens with one attached hydrogen (secondary N) is 4. The summed E-state index contributed by atoms with van der Waals surface area (Å²) < 4.78 is 0. The van der Waals surface area contributed by atoms with Gasteiger partial charge >= 0.3 is 11.7 Å². The van der Waals surface area contributed by atoms with Crippen LogP contribution < -0.4 is 21.9 Å². The van der Waals surface area contributed by atoms with E-state index in [1.807, 2.05) is 24.0 Å². The van der Waals surface area contributed by atoms with Crippen molar-refractivity contribution in [1.29, 1.82) is 0 Å². The lowest BCUT2D eigenvalue weighted by atomic mass is 10.2. The summed E-state index contributed by atoms with van der Waals surface area (Å²) in [5.74, 6) is 0. The lowest BCUT2D eigenvalue weighted by Crippen LogP contribution is -2.28. The van der Waals surface area contributed by atoms with Gasteiger partial charge in [-0.1, -0.05) is 17.7 Å². The Kier molecular flexibility index (Phi) is 3.46. The molecule has 0 saturated heterocycles. The molecule has 0 aliphatic carbocycles. The Morgan fingerprint density at radius 3 is 2.42 bits per heavy atom. The molecule has 1 aromatic heterocycles. The van der Waals surface area contributed by atoms with Crippen molar-refractivity contribution in [2.45, 2.75) is 6.92 Å². The second kappa shape index (κ2) is 5.21. The minimum absolute atomic E-state index is 0.0378. The lowest BCUT2D eigenvalue weighted by Gasteiger charge is -2.06. The minimum atomic E-state index is -0.664. The van der Waals surface area contributed by atoms with Crippen molar-refractivity contribution in [3.63, 3.8) is 0 Å². The van der Waals surface area contributed by atoms with E-state index in [1.54, 1.807) is 12.1 Å². The molecule has 0 aliphatic heterocycles. The van der Waals surface area contributed by atoms with Crippen LogP contribution in [0, 0.1) is 6.92 Å². The highest BCUT2D eigenvalue weighted by atomic mass is 16.2. The van der Waals surface area contributed by atoms with Gasteiger partial charge in [-0.25, -0.2) is 9.59 Å². The summed E-state index contributed by atoms with van der Waals surface area (Å²) in [5.41, 5.74) is 0.341. The van der Waals surface area contributed by atoms with Crippen LogP contribution in [-0.4, -0.2) is 16.0 Å². The Morgan fingerprint density at radius 2 is 1.79 bits per heavy atom. The molecule has 0 radical (unpaired) electrons. The SMILES string of the molecule is Cc1ccc(NC(=O)Nc2c[nH]c(=O)[nH]c2=O)cc1. The number of hydrogen-bond donors (Lipinski definition) is 4. The number of carbonyl (C=O) groups is 1. The Hall–Kier alpha value is -2.83. The number of carbonyl (C=O) groups excluding carboxylic acids is 1. The van der Waals surface area contributed by atoms with Gasteiger partial charge in [0, 0.05) is 11.9 Å². The molecule has 1 aromatic carbocycles. The van der Waals surface area contributed by atoms with E-state index in [4.69, 9.17) is 0 Å². The third-order valence-corrected chi connectivity index (χ3v) is 2.38. The maximum absolute atomic E-state index is 11.6. The molecule has 2 aromatic rings. The van der Waals surface area contributed by atoms with Gasteiger partial charge in [0.05, 0.1) is 0 Å². The molecule has 7 heteroatoms. The lowest BCUT2D eigenvalue weighted by molar-refractivity contribution is 0.262. The van der Waals surface area contributed by atoms with Gasteiger partial charge in [0.2, 0.25) is 0 Å². The molecule has 0 fully saturated rings. The average Bonchev–Trinajstić information content (AvgIpc) is 2.36. The van der Waals surface area contributed by atoms with Crippen LogP contribution in [0.25, 0.3) is 0 Å². The average molecular weight is 260 g/mol. The minimum Gasteiger partial charge on any atom is -0.312 e. The predicted octanol–water partition coefficient (Wildman–Crippen LogP) is 1.02. The molecule has 2 rings (SSSR count). The molecule has 0 saturated carbocycles. The summed E-state index contributed by atoms with van der Waals surface area (Å²) in [7, 11) is 0. The standard InChI is InChI=1S/C12H12N4O3/c1-7-2-4-8(5-3-7)14-12(19)15-9-6-13-11(18)16-10(9)17/h2-6H,1H3,(H2,14,15,19)(H2,13,16,17,18). The first kappa shape index (κ1) is 12.6. The number of benzene rings is 1. The van der Waals surface area contributed by atoms with Gasteiger partial charge in [0.15, 0.2) is 0 Å². The van der Waals surface area contributed by atoms with E-state index < -0.39 is 17.3 Å². The van der Waals surface area contributed by atoms with Crippen molar-refractivity contribution in [2.75, 3.05) is 10.6 Å². The second-order valence-electron chi connectivity index (χ2n) is 3.93. The third-order valence-electron chi connectivity index (χ3n) is 2.38. The summed E-state index contributed by atoms with van der Waals surface area (Å²) in [6.45, 7) is 1.93. The van der Waals surface area contributed by atoms with Gasteiger partial charge in [-0.3, -0.25) is 9.78 Å². The van der Waals surface area contributed by atoms with Crippen molar-refractivity contribution in [3.05, 3.63) is 56.9 Å². The van der Waals surface area contributed by atoms with Crippen LogP contribution in [0.2, 0.25) is 0 Å². The van der Waals surface area contributed by atoms with Gasteiger partial charge in [0.25, 0.3) is 5.56 Å². The number of hydrogen-bond acceptors (Lipinski definition) is 3. The van der Waals surface area contributed by atoms with Crippen LogP contribution in [0.4, 0.5) is 16.2 Å². The van der Waals surface area contributed by atoms with Crippen molar-refractivity contribution >= 4 is 17.4 Å². The monoisotopic (exact) mass is 260 g/mol. The molecule has 0 aliphatic rings. The van der Waals surface area contributed by atoms with Crippen molar-refractivity contribution in [1.82, 2.24) is 9.97 Å². The van der Waals surface area contributed by atoms with Crippen molar-refractivity contribution in [2.24, 2.45) is 0 Å². The Balaban J connectivity index is 2.07. The summed E-state index contributed by atoms with van der Waals surface area (Å²) >= 11 is 0. The fourth-order valence-corrected chi connectivity index (χ4v) is 1.42. The number of anilines is 2. The topological polar surface area (TPSA) is 107 Å². The molecular formula is C12H12N4O3. The number of urea groups is 1. The van der Waals surface area contributed by atoms with E-state index in [0.717, 1.165) is 11.8 Å². The van der Waals surface area contributed by atoms with Gasteiger partial charge < -0.3 is 15.6 Å². The molecule has 2 amide bonds. The smallest absolute Gasteiger partial charge is 0.312 e. The van der Waals surface area contributed by atoms with E-state index >= 15 is 0 Å². The number of H-pyrrole nitrogens is 2. The fourth-order valence-electron chi connectivity index (χ4n) is 1.42. The maximum atomic E-state index is 11.6. The van der Waals surface area contributed by atoms with E-state index in [0.29, 0.717) is 5.69 Å². The number of aromatic amines is 2. The zero-order valence-electron chi connectivity index (χ0n) is 10.1. The van der Waals surface area contributed by atoms with E-state index in [1.165, 1.54) is 0 Å². The molecule has 98 valence electrons. The molecular weight excluding hydrogens is 248 g/mol. The molecule has 7 nitrogen and oxygen atoms in total. The molecule has 0 unspecified atom stereocenters. The van der Waals surface area contributed by atoms with Crippen LogP contribution in [0.15, 0.2) is 40.1 Å². The number of rotatable bonds is 2. The Labute approximate surface area is 107 Å². The van der Waals surface area contributed by atoms with E-state index in [-0.39, 0.29) is 5.69 Å². The third kappa shape index (κ3) is 3.32. The Morgan fingerprint density at radius 1 is 1.11 bits per heavy atom. The van der Waals surface area contributed by atoms with Gasteiger partial charge in [-0.15, -0.1) is 0 Å². The van der Waals surface area contributed by atoms with Crippen LogP contribution in [0.5, 0.6) is 0 Å². The van der Waals surface area contributed by atoms with Crippen LogP contribution in [0.3, 0.4) is 0 Å². The van der Waals surface area contributed by atoms with Gasteiger partial charge in [-0.2, -0.15) is 0 Å². The van der Waals surface area contributed by atoms with Gasteiger partial charge in [-0.05, 0) is 19.1 Å². The second-order valence-corrected chi connectivity index (χ2v) is 3.93. The number of aromatic nitrogens is 2. The molecule has 0 atom stereocenters. The first-order valence-corrected chi connectivity index (χ1v) is 5.51. The highest BCUT2D eigenvalue weighted by Gasteiger charge is 2.05. The summed E-state index contributed by atoms with van der Waals surface area (Å²) in [4.78, 5) is 38.1. The first-order chi connectivity index (χ1) is 9.04. The molecule has 4 N–H and O–H groups in total. The normalized spacial score (nSPS) is 9.95. The van der Waals surface area contributed by atoms with Crippen LogP contribution in [-0.2, 0) is 0 Å². The highest BCUT2D eigenvalue weighted by Crippen LogP contribution is 2.08. The van der Waals surface area contributed by atoms with Crippen LogP contribution in [0.1, 0.15) is 5.56 Å². The highest BCUT2D eigenvalue weighted by molar-refractivity contribution is 5.99. The molecule has 19 heavy (non-hydrogen) atoms. The largest absolute Gasteiger partial charge is 0.325 e. The fraction of sp³-hybridized carbons (Fsp3) is 0.0833. The zero-order valence-corrected chi connectivity index (χ0v) is 10.1. The summed E-state index contributed by atoms with van der Waals surface area (Å²) in [5, 5.41) is 4.90. The van der Waals surface area contributed by atoms with Crippen molar-refractivity contribution in [3.8, 4) is 0 Å². The molecule has 1 heterocycles. The predicted molar refractivity (Wildman–Crippen MR) is 71.5 cm³/mol. The zero-order chi connectivity index (χ0) is 13.8. The maximum Gasteiger partial charge on any atom is 0.325 e. The Bertz CT molecular complexity index is 700. The molecule has 0 bridgehead atoms. The first-order valence-electron chi connectivity index (χ1n) is 5.51. The number of aryl methyl sites for hydroxylation is 1. The van der Waals surface area contributed by atoms with Crippen molar-refractivity contribution < 1.29 is 4.79 Å². The number of amides is 2. The quantitative estimate of drug-likeness (QED) is 0.647. The summed E-state index contributed by atoms with van der Waals surface area (Å²) in [6, 6.07) is 6.62. The van der Waals surface area contributed by atoms with Crippen LogP contribution >= 0.6 is 0 Å². The summed E-state index contributed by atoms with van der Waals surface area (Å²) in [6.07, 6.45) is 1.13. The van der Waals surface area contributed by atoms with E-state index in [9.17, 15) is 14.4 Å².